The van der Waals surface area contributed by atoms with E-state index in [2.05, 4.69) is 9.97 Å². The average Bonchev–Trinajstić information content (AvgIpc) is 2.60. The summed E-state index contributed by atoms with van der Waals surface area (Å²) in [6.45, 7) is 0. The Labute approximate surface area is 128 Å². The quantitative estimate of drug-likeness (QED) is 0.801. The van der Waals surface area contributed by atoms with Crippen molar-refractivity contribution >= 4 is 10.9 Å². The number of para-hydroxylation sites is 1. The summed E-state index contributed by atoms with van der Waals surface area (Å²) in [6, 6.07) is 13.1. The van der Waals surface area contributed by atoms with Gasteiger partial charge in [-0.3, -0.25) is 0 Å². The van der Waals surface area contributed by atoms with Gasteiger partial charge in [-0.05, 0) is 23.8 Å². The van der Waals surface area contributed by atoms with Crippen molar-refractivity contribution in [2.75, 3.05) is 14.2 Å². The number of hydrogen-bond acceptors (Lipinski definition) is 5. The van der Waals surface area contributed by atoms with Gasteiger partial charge in [-0.15, -0.1) is 0 Å². The molecule has 112 valence electrons. The smallest absolute Gasteiger partial charge is 0.161 e. The molecule has 5 heteroatoms. The van der Waals surface area contributed by atoms with Crippen molar-refractivity contribution in [2.24, 2.45) is 5.73 Å². The lowest BCUT2D eigenvalue weighted by molar-refractivity contribution is 0.354. The molecule has 1 unspecified atom stereocenters. The third-order valence-corrected chi connectivity index (χ3v) is 3.63. The van der Waals surface area contributed by atoms with Gasteiger partial charge in [0.05, 0.1) is 31.5 Å². The van der Waals surface area contributed by atoms with Crippen LogP contribution in [0.3, 0.4) is 0 Å². The van der Waals surface area contributed by atoms with Crippen LogP contribution in [0.25, 0.3) is 10.9 Å². The maximum Gasteiger partial charge on any atom is 0.161 e. The predicted molar refractivity (Wildman–Crippen MR) is 85.1 cm³/mol. The Morgan fingerprint density at radius 3 is 2.50 bits per heavy atom. The summed E-state index contributed by atoms with van der Waals surface area (Å²) in [5.41, 5.74) is 8.98. The molecular weight excluding hydrogens is 278 g/mol. The summed E-state index contributed by atoms with van der Waals surface area (Å²) >= 11 is 0. The van der Waals surface area contributed by atoms with E-state index in [1.54, 1.807) is 14.2 Å². The molecule has 2 N–H and O–H groups in total. The van der Waals surface area contributed by atoms with Crippen LogP contribution >= 0.6 is 0 Å². The van der Waals surface area contributed by atoms with Gasteiger partial charge in [0.25, 0.3) is 0 Å². The number of rotatable bonds is 4. The third-order valence-electron chi connectivity index (χ3n) is 3.63. The number of methoxy groups -OCH3 is 2. The van der Waals surface area contributed by atoms with Crippen LogP contribution in [0, 0.1) is 0 Å². The predicted octanol–water partition coefficient (Wildman–Crippen LogP) is 2.70. The summed E-state index contributed by atoms with van der Waals surface area (Å²) in [5, 5.41) is 0.951. The first-order valence-electron chi connectivity index (χ1n) is 6.91. The molecule has 1 heterocycles. The van der Waals surface area contributed by atoms with Crippen molar-refractivity contribution in [3.63, 3.8) is 0 Å². The fraction of sp³-hybridized carbons (Fsp3) is 0.176. The molecule has 2 aromatic carbocycles. The molecule has 3 rings (SSSR count). The van der Waals surface area contributed by atoms with Crippen LogP contribution in [-0.2, 0) is 0 Å². The van der Waals surface area contributed by atoms with Crippen molar-refractivity contribution in [3.05, 3.63) is 60.0 Å². The molecule has 0 bridgehead atoms. The van der Waals surface area contributed by atoms with Crippen molar-refractivity contribution in [1.82, 2.24) is 9.97 Å². The van der Waals surface area contributed by atoms with E-state index < -0.39 is 0 Å². The summed E-state index contributed by atoms with van der Waals surface area (Å²) in [5.74, 6) is 1.32. The fourth-order valence-electron chi connectivity index (χ4n) is 2.48. The van der Waals surface area contributed by atoms with Crippen LogP contribution in [0.15, 0.2) is 48.8 Å². The second kappa shape index (κ2) is 5.99. The van der Waals surface area contributed by atoms with Gasteiger partial charge in [0, 0.05) is 5.39 Å². The van der Waals surface area contributed by atoms with Gasteiger partial charge in [0.15, 0.2) is 11.5 Å². The maximum atomic E-state index is 6.41. The number of benzene rings is 2. The molecule has 22 heavy (non-hydrogen) atoms. The highest BCUT2D eigenvalue weighted by atomic mass is 16.5. The SMILES string of the molecule is COc1ccc(C(N)c2ncnc3ccccc23)cc1OC. The zero-order valence-corrected chi connectivity index (χ0v) is 12.5. The Bertz CT molecular complexity index is 800. The van der Waals surface area contributed by atoms with E-state index in [1.165, 1.54) is 6.33 Å². The van der Waals surface area contributed by atoms with Gasteiger partial charge < -0.3 is 15.2 Å². The third kappa shape index (κ3) is 2.46. The topological polar surface area (TPSA) is 70.3 Å². The second-order valence-corrected chi connectivity index (χ2v) is 4.87. The van der Waals surface area contributed by atoms with Gasteiger partial charge in [-0.2, -0.15) is 0 Å². The largest absolute Gasteiger partial charge is 0.493 e. The monoisotopic (exact) mass is 295 g/mol. The molecule has 0 saturated heterocycles. The standard InChI is InChI=1S/C17H17N3O2/c1-21-14-8-7-11(9-15(14)22-2)16(18)17-12-5-3-4-6-13(12)19-10-20-17/h3-10,16H,18H2,1-2H3. The fourth-order valence-corrected chi connectivity index (χ4v) is 2.48. The van der Waals surface area contributed by atoms with E-state index in [-0.39, 0.29) is 6.04 Å². The molecule has 0 amide bonds. The van der Waals surface area contributed by atoms with Crippen LogP contribution in [0.2, 0.25) is 0 Å². The molecule has 0 spiro atoms. The van der Waals surface area contributed by atoms with E-state index in [0.717, 1.165) is 22.2 Å². The number of nitrogens with zero attached hydrogens (tertiary/aromatic N) is 2. The van der Waals surface area contributed by atoms with Crippen LogP contribution in [0.1, 0.15) is 17.3 Å². The minimum absolute atomic E-state index is 0.368. The normalized spacial score (nSPS) is 12.1. The lowest BCUT2D eigenvalue weighted by Crippen LogP contribution is -2.14. The molecule has 0 aliphatic carbocycles. The van der Waals surface area contributed by atoms with Crippen LogP contribution in [0.5, 0.6) is 11.5 Å². The molecule has 0 fully saturated rings. The Balaban J connectivity index is 2.08. The molecule has 1 aromatic heterocycles. The first-order chi connectivity index (χ1) is 10.7. The second-order valence-electron chi connectivity index (χ2n) is 4.87. The summed E-state index contributed by atoms with van der Waals surface area (Å²) in [6.07, 6.45) is 1.54. The van der Waals surface area contributed by atoms with Gasteiger partial charge in [-0.25, -0.2) is 9.97 Å². The van der Waals surface area contributed by atoms with Crippen molar-refractivity contribution in [2.45, 2.75) is 6.04 Å². The molecule has 1 atom stereocenters. The first kappa shape index (κ1) is 14.3. The van der Waals surface area contributed by atoms with E-state index in [9.17, 15) is 0 Å². The Kier molecular flexibility index (Phi) is 3.89. The Morgan fingerprint density at radius 1 is 0.955 bits per heavy atom. The first-order valence-corrected chi connectivity index (χ1v) is 6.91. The van der Waals surface area contributed by atoms with Gasteiger partial charge in [0.2, 0.25) is 0 Å². The summed E-state index contributed by atoms with van der Waals surface area (Å²) in [4.78, 5) is 8.64. The van der Waals surface area contributed by atoms with E-state index in [4.69, 9.17) is 15.2 Å². The number of aromatic nitrogens is 2. The van der Waals surface area contributed by atoms with E-state index in [1.807, 2.05) is 42.5 Å². The van der Waals surface area contributed by atoms with Gasteiger partial charge in [0.1, 0.15) is 6.33 Å². The number of nitrogens with two attached hydrogens (primary N) is 1. The van der Waals surface area contributed by atoms with Crippen LogP contribution in [-0.4, -0.2) is 24.2 Å². The van der Waals surface area contributed by atoms with E-state index in [0.29, 0.717) is 11.5 Å². The Hall–Kier alpha value is -2.66. The zero-order valence-electron chi connectivity index (χ0n) is 12.5. The molecule has 0 saturated carbocycles. The highest BCUT2D eigenvalue weighted by Gasteiger charge is 2.16. The van der Waals surface area contributed by atoms with Crippen LogP contribution < -0.4 is 15.2 Å². The molecule has 0 aliphatic heterocycles. The molecule has 5 nitrogen and oxygen atoms in total. The number of fused-ring (bicyclic) bond motifs is 1. The highest BCUT2D eigenvalue weighted by molar-refractivity contribution is 5.81. The lowest BCUT2D eigenvalue weighted by Gasteiger charge is -2.16. The minimum Gasteiger partial charge on any atom is -0.493 e. The average molecular weight is 295 g/mol. The molecule has 0 radical (unpaired) electrons. The lowest BCUT2D eigenvalue weighted by atomic mass is 10.0. The Morgan fingerprint density at radius 2 is 1.73 bits per heavy atom. The van der Waals surface area contributed by atoms with Gasteiger partial charge >= 0.3 is 0 Å². The number of ether oxygens (including phenoxy) is 2. The molecule has 3 aromatic rings. The maximum absolute atomic E-state index is 6.41. The molecule has 0 aliphatic rings. The van der Waals surface area contributed by atoms with E-state index >= 15 is 0 Å². The number of hydrogen-bond donors (Lipinski definition) is 1. The minimum atomic E-state index is -0.368. The zero-order chi connectivity index (χ0) is 15.5. The summed E-state index contributed by atoms with van der Waals surface area (Å²) in [7, 11) is 3.21. The highest BCUT2D eigenvalue weighted by Crippen LogP contribution is 2.32. The van der Waals surface area contributed by atoms with Crippen LogP contribution in [0.4, 0.5) is 0 Å². The van der Waals surface area contributed by atoms with Crippen molar-refractivity contribution in [3.8, 4) is 11.5 Å². The van der Waals surface area contributed by atoms with Crippen molar-refractivity contribution in [1.29, 1.82) is 0 Å². The van der Waals surface area contributed by atoms with Crippen molar-refractivity contribution < 1.29 is 9.47 Å². The van der Waals surface area contributed by atoms with Gasteiger partial charge in [-0.1, -0.05) is 24.3 Å². The summed E-state index contributed by atoms with van der Waals surface area (Å²) < 4.78 is 10.6. The molecular formula is C17H17N3O2.